The number of nitrogens with two attached hydrogens (primary N) is 2. The van der Waals surface area contributed by atoms with Gasteiger partial charge in [-0.1, -0.05) is 12.5 Å². The molecule has 1 amide bonds. The highest BCUT2D eigenvalue weighted by Crippen LogP contribution is 2.50. The molecule has 5 N–H and O–H groups in total. The molecule has 2 bridgehead atoms. The molecule has 20 heavy (non-hydrogen) atoms. The third-order valence-electron chi connectivity index (χ3n) is 5.17. The minimum Gasteiger partial charge on any atom is -0.397 e. The summed E-state index contributed by atoms with van der Waals surface area (Å²) in [4.78, 5) is 11.5. The molecule has 3 rings (SSSR count). The van der Waals surface area contributed by atoms with Crippen molar-refractivity contribution >= 4 is 17.3 Å². The first-order valence-corrected chi connectivity index (χ1v) is 7.51. The molecule has 0 aromatic heterocycles. The quantitative estimate of drug-likeness (QED) is 0.738. The van der Waals surface area contributed by atoms with Crippen LogP contribution in [0.5, 0.6) is 0 Å². The van der Waals surface area contributed by atoms with E-state index < -0.39 is 5.91 Å². The third-order valence-corrected chi connectivity index (χ3v) is 5.17. The molecule has 4 heteroatoms. The van der Waals surface area contributed by atoms with E-state index in [1.54, 1.807) is 12.1 Å². The largest absolute Gasteiger partial charge is 0.397 e. The first kappa shape index (κ1) is 13.3. The Hall–Kier alpha value is -1.71. The number of rotatable bonds is 4. The van der Waals surface area contributed by atoms with Crippen LogP contribution in [-0.4, -0.2) is 11.9 Å². The highest BCUT2D eigenvalue weighted by molar-refractivity contribution is 6.01. The standard InChI is InChI=1S/C16H23N3O/c1-9(13-8-10-5-6-11(13)7-10)19-15-12(16(18)20)3-2-4-14(15)17/h2-4,9-11,13,19H,5-8,17H2,1H3,(H2,18,20). The Morgan fingerprint density at radius 1 is 1.35 bits per heavy atom. The molecular weight excluding hydrogens is 250 g/mol. The highest BCUT2D eigenvalue weighted by atomic mass is 16.1. The number of nitrogens with one attached hydrogen (secondary N) is 1. The molecule has 4 atom stereocenters. The number of amides is 1. The second-order valence-electron chi connectivity index (χ2n) is 6.41. The molecule has 108 valence electrons. The minimum atomic E-state index is -0.431. The summed E-state index contributed by atoms with van der Waals surface area (Å²) in [6, 6.07) is 5.63. The van der Waals surface area contributed by atoms with Gasteiger partial charge in [0.25, 0.3) is 5.91 Å². The number of carbonyl (C=O) groups excluding carboxylic acids is 1. The minimum absolute atomic E-state index is 0.327. The zero-order valence-corrected chi connectivity index (χ0v) is 11.9. The van der Waals surface area contributed by atoms with Gasteiger partial charge in [0.2, 0.25) is 0 Å². The summed E-state index contributed by atoms with van der Waals surface area (Å²) in [6.45, 7) is 2.20. The van der Waals surface area contributed by atoms with E-state index in [4.69, 9.17) is 11.5 Å². The van der Waals surface area contributed by atoms with E-state index in [0.717, 1.165) is 11.8 Å². The lowest BCUT2D eigenvalue weighted by Gasteiger charge is -2.30. The summed E-state index contributed by atoms with van der Waals surface area (Å²) in [5, 5.41) is 3.46. The summed E-state index contributed by atoms with van der Waals surface area (Å²) >= 11 is 0. The molecule has 1 aromatic rings. The number of anilines is 2. The van der Waals surface area contributed by atoms with E-state index >= 15 is 0 Å². The second-order valence-corrected chi connectivity index (χ2v) is 6.41. The van der Waals surface area contributed by atoms with E-state index in [2.05, 4.69) is 12.2 Å². The Balaban J connectivity index is 1.79. The lowest BCUT2D eigenvalue weighted by Crippen LogP contribution is -2.31. The first-order chi connectivity index (χ1) is 9.56. The molecule has 4 unspecified atom stereocenters. The van der Waals surface area contributed by atoms with E-state index in [-0.39, 0.29) is 0 Å². The fraction of sp³-hybridized carbons (Fsp3) is 0.562. The van der Waals surface area contributed by atoms with Gasteiger partial charge in [-0.2, -0.15) is 0 Å². The molecule has 4 nitrogen and oxygen atoms in total. The van der Waals surface area contributed by atoms with Gasteiger partial charge in [0.15, 0.2) is 0 Å². The molecule has 2 aliphatic rings. The second kappa shape index (κ2) is 5.00. The van der Waals surface area contributed by atoms with Crippen molar-refractivity contribution in [2.45, 2.75) is 38.6 Å². The normalized spacial score (nSPS) is 29.4. The van der Waals surface area contributed by atoms with Crippen LogP contribution in [-0.2, 0) is 0 Å². The van der Waals surface area contributed by atoms with Crippen molar-refractivity contribution in [2.75, 3.05) is 11.1 Å². The Labute approximate surface area is 119 Å². The Morgan fingerprint density at radius 2 is 2.15 bits per heavy atom. The highest BCUT2D eigenvalue weighted by Gasteiger charge is 2.41. The Morgan fingerprint density at radius 3 is 2.75 bits per heavy atom. The maximum Gasteiger partial charge on any atom is 0.250 e. The molecule has 1 aromatic carbocycles. The third kappa shape index (κ3) is 2.23. The van der Waals surface area contributed by atoms with E-state index in [1.165, 1.54) is 25.7 Å². The van der Waals surface area contributed by atoms with Crippen molar-refractivity contribution < 1.29 is 4.79 Å². The fourth-order valence-electron chi connectivity index (χ4n) is 4.18. The van der Waals surface area contributed by atoms with Gasteiger partial charge in [-0.3, -0.25) is 4.79 Å². The lowest BCUT2D eigenvalue weighted by atomic mass is 9.84. The summed E-state index contributed by atoms with van der Waals surface area (Å²) in [5.74, 6) is 2.01. The van der Waals surface area contributed by atoms with Crippen LogP contribution in [0, 0.1) is 17.8 Å². The van der Waals surface area contributed by atoms with Crippen LogP contribution in [0.2, 0.25) is 0 Å². The van der Waals surface area contributed by atoms with Crippen molar-refractivity contribution in [2.24, 2.45) is 23.5 Å². The van der Waals surface area contributed by atoms with Crippen LogP contribution < -0.4 is 16.8 Å². The van der Waals surface area contributed by atoms with Gasteiger partial charge in [0, 0.05) is 6.04 Å². The number of para-hydroxylation sites is 1. The maximum atomic E-state index is 11.5. The summed E-state index contributed by atoms with van der Waals surface area (Å²) in [6.07, 6.45) is 5.43. The van der Waals surface area contributed by atoms with Gasteiger partial charge < -0.3 is 16.8 Å². The van der Waals surface area contributed by atoms with Gasteiger partial charge in [0.1, 0.15) is 0 Å². The summed E-state index contributed by atoms with van der Waals surface area (Å²) in [7, 11) is 0. The smallest absolute Gasteiger partial charge is 0.250 e. The molecule has 0 heterocycles. The molecule has 2 saturated carbocycles. The van der Waals surface area contributed by atoms with Crippen LogP contribution in [0.15, 0.2) is 18.2 Å². The van der Waals surface area contributed by atoms with Crippen molar-refractivity contribution in [3.63, 3.8) is 0 Å². The number of hydrogen-bond acceptors (Lipinski definition) is 3. The number of benzene rings is 1. The van der Waals surface area contributed by atoms with Crippen LogP contribution >= 0.6 is 0 Å². The summed E-state index contributed by atoms with van der Waals surface area (Å²) < 4.78 is 0. The average Bonchev–Trinajstić information content (AvgIpc) is 3.03. The van der Waals surface area contributed by atoms with Crippen molar-refractivity contribution in [3.05, 3.63) is 23.8 Å². The van der Waals surface area contributed by atoms with Crippen molar-refractivity contribution in [1.29, 1.82) is 0 Å². The van der Waals surface area contributed by atoms with Crippen LogP contribution in [0.25, 0.3) is 0 Å². The van der Waals surface area contributed by atoms with Gasteiger partial charge in [-0.05, 0) is 56.1 Å². The number of carbonyl (C=O) groups is 1. The fourth-order valence-corrected chi connectivity index (χ4v) is 4.18. The molecule has 0 radical (unpaired) electrons. The van der Waals surface area contributed by atoms with Gasteiger partial charge in [0.05, 0.1) is 16.9 Å². The Bertz CT molecular complexity index is 528. The topological polar surface area (TPSA) is 81.1 Å². The summed E-state index contributed by atoms with van der Waals surface area (Å²) in [5.41, 5.74) is 13.2. The van der Waals surface area contributed by atoms with Crippen molar-refractivity contribution in [1.82, 2.24) is 0 Å². The molecule has 2 fully saturated rings. The van der Waals surface area contributed by atoms with Gasteiger partial charge in [-0.15, -0.1) is 0 Å². The van der Waals surface area contributed by atoms with Crippen molar-refractivity contribution in [3.8, 4) is 0 Å². The number of hydrogen-bond donors (Lipinski definition) is 3. The average molecular weight is 273 g/mol. The Kier molecular flexibility index (Phi) is 3.32. The predicted molar refractivity (Wildman–Crippen MR) is 81.4 cm³/mol. The zero-order chi connectivity index (χ0) is 14.3. The molecule has 0 spiro atoms. The molecule has 2 aliphatic carbocycles. The van der Waals surface area contributed by atoms with Crippen LogP contribution in [0.4, 0.5) is 11.4 Å². The SMILES string of the molecule is CC(Nc1c(N)cccc1C(N)=O)C1CC2CCC1C2. The zero-order valence-electron chi connectivity index (χ0n) is 11.9. The van der Waals surface area contributed by atoms with E-state index in [9.17, 15) is 4.79 Å². The predicted octanol–water partition coefficient (Wildman–Crippen LogP) is 2.60. The molecular formula is C16H23N3O. The monoisotopic (exact) mass is 273 g/mol. The first-order valence-electron chi connectivity index (χ1n) is 7.51. The number of primary amides is 1. The maximum absolute atomic E-state index is 11.5. The lowest BCUT2D eigenvalue weighted by molar-refractivity contribution is 0.100. The van der Waals surface area contributed by atoms with Gasteiger partial charge in [-0.25, -0.2) is 0 Å². The molecule has 0 aliphatic heterocycles. The number of fused-ring (bicyclic) bond motifs is 2. The van der Waals surface area contributed by atoms with Crippen LogP contribution in [0.3, 0.4) is 0 Å². The van der Waals surface area contributed by atoms with E-state index in [1.807, 2.05) is 6.07 Å². The number of nitrogen functional groups attached to an aromatic ring is 1. The van der Waals surface area contributed by atoms with Gasteiger partial charge >= 0.3 is 0 Å². The molecule has 0 saturated heterocycles. The van der Waals surface area contributed by atoms with Crippen LogP contribution in [0.1, 0.15) is 43.0 Å². The van der Waals surface area contributed by atoms with E-state index in [0.29, 0.717) is 28.9 Å².